The zero-order valence-electron chi connectivity index (χ0n) is 10.9. The SMILES string of the molecule is CCCNC(CCC(C)C)C(OC)OC. The predicted octanol–water partition coefficient (Wildman–Crippen LogP) is 2.41. The molecule has 0 amide bonds. The van der Waals surface area contributed by atoms with Crippen molar-refractivity contribution in [1.29, 1.82) is 0 Å². The van der Waals surface area contributed by atoms with Crippen LogP contribution in [0.15, 0.2) is 0 Å². The minimum absolute atomic E-state index is 0.129. The van der Waals surface area contributed by atoms with Crippen molar-refractivity contribution in [3.05, 3.63) is 0 Å². The first-order valence-corrected chi connectivity index (χ1v) is 5.94. The van der Waals surface area contributed by atoms with E-state index < -0.39 is 0 Å². The molecule has 0 saturated carbocycles. The van der Waals surface area contributed by atoms with Gasteiger partial charge in [0, 0.05) is 14.2 Å². The minimum Gasteiger partial charge on any atom is -0.354 e. The van der Waals surface area contributed by atoms with Crippen LogP contribution in [0.3, 0.4) is 0 Å². The van der Waals surface area contributed by atoms with Gasteiger partial charge in [0.05, 0.1) is 6.04 Å². The Kier molecular flexibility index (Phi) is 9.06. The number of rotatable bonds is 9. The molecule has 1 unspecified atom stereocenters. The Labute approximate surface area is 94.5 Å². The van der Waals surface area contributed by atoms with Gasteiger partial charge in [-0.1, -0.05) is 20.8 Å². The molecule has 3 nitrogen and oxygen atoms in total. The van der Waals surface area contributed by atoms with Gasteiger partial charge in [0.1, 0.15) is 0 Å². The van der Waals surface area contributed by atoms with Gasteiger partial charge in [-0.3, -0.25) is 0 Å². The fourth-order valence-corrected chi connectivity index (χ4v) is 1.60. The molecular formula is C12H27NO2. The maximum Gasteiger partial charge on any atom is 0.171 e. The molecule has 0 aromatic carbocycles. The third kappa shape index (κ3) is 6.88. The van der Waals surface area contributed by atoms with E-state index in [0.29, 0.717) is 6.04 Å². The van der Waals surface area contributed by atoms with E-state index in [1.807, 2.05) is 0 Å². The van der Waals surface area contributed by atoms with Crippen LogP contribution < -0.4 is 5.32 Å². The standard InChI is InChI=1S/C12H27NO2/c1-6-9-13-11(8-7-10(2)3)12(14-4)15-5/h10-13H,6-9H2,1-5H3. The van der Waals surface area contributed by atoms with Gasteiger partial charge in [-0.2, -0.15) is 0 Å². The van der Waals surface area contributed by atoms with E-state index in [1.165, 1.54) is 6.42 Å². The van der Waals surface area contributed by atoms with Gasteiger partial charge in [-0.15, -0.1) is 0 Å². The van der Waals surface area contributed by atoms with Crippen LogP contribution in [-0.2, 0) is 9.47 Å². The lowest BCUT2D eigenvalue weighted by Crippen LogP contribution is -2.42. The summed E-state index contributed by atoms with van der Waals surface area (Å²) in [7, 11) is 3.40. The third-order valence-corrected chi connectivity index (χ3v) is 2.50. The average molecular weight is 217 g/mol. The summed E-state index contributed by atoms with van der Waals surface area (Å²) < 4.78 is 10.6. The highest BCUT2D eigenvalue weighted by Crippen LogP contribution is 2.11. The predicted molar refractivity (Wildman–Crippen MR) is 64.0 cm³/mol. The Morgan fingerprint density at radius 3 is 2.07 bits per heavy atom. The Morgan fingerprint density at radius 1 is 1.07 bits per heavy atom. The molecular weight excluding hydrogens is 190 g/mol. The van der Waals surface area contributed by atoms with E-state index in [0.717, 1.165) is 25.3 Å². The van der Waals surface area contributed by atoms with Crippen LogP contribution >= 0.6 is 0 Å². The first-order chi connectivity index (χ1) is 7.15. The summed E-state index contributed by atoms with van der Waals surface area (Å²) in [6.07, 6.45) is 3.31. The maximum absolute atomic E-state index is 5.31. The highest BCUT2D eigenvalue weighted by molar-refractivity contribution is 4.71. The highest BCUT2D eigenvalue weighted by atomic mass is 16.7. The molecule has 0 saturated heterocycles. The van der Waals surface area contributed by atoms with E-state index in [9.17, 15) is 0 Å². The van der Waals surface area contributed by atoms with Crippen LogP contribution in [-0.4, -0.2) is 33.1 Å². The molecule has 0 rings (SSSR count). The fourth-order valence-electron chi connectivity index (χ4n) is 1.60. The van der Waals surface area contributed by atoms with Crippen molar-refractivity contribution < 1.29 is 9.47 Å². The first kappa shape index (κ1) is 14.9. The average Bonchev–Trinajstić information content (AvgIpc) is 2.22. The van der Waals surface area contributed by atoms with Crippen LogP contribution in [0.25, 0.3) is 0 Å². The van der Waals surface area contributed by atoms with Crippen LogP contribution in [0.5, 0.6) is 0 Å². The summed E-state index contributed by atoms with van der Waals surface area (Å²) in [5.74, 6) is 0.727. The van der Waals surface area contributed by atoms with Crippen LogP contribution in [0.1, 0.15) is 40.0 Å². The smallest absolute Gasteiger partial charge is 0.171 e. The van der Waals surface area contributed by atoms with E-state index in [1.54, 1.807) is 14.2 Å². The van der Waals surface area contributed by atoms with E-state index in [-0.39, 0.29) is 6.29 Å². The molecule has 0 radical (unpaired) electrons. The molecule has 0 aromatic rings. The normalized spacial score (nSPS) is 13.8. The van der Waals surface area contributed by atoms with Crippen LogP contribution in [0, 0.1) is 5.92 Å². The Bertz CT molecular complexity index is 136. The van der Waals surface area contributed by atoms with Crippen molar-refractivity contribution >= 4 is 0 Å². The van der Waals surface area contributed by atoms with Crippen molar-refractivity contribution in [3.8, 4) is 0 Å². The quantitative estimate of drug-likeness (QED) is 0.602. The van der Waals surface area contributed by atoms with Crippen molar-refractivity contribution in [1.82, 2.24) is 5.32 Å². The molecule has 0 bridgehead atoms. The van der Waals surface area contributed by atoms with Crippen molar-refractivity contribution in [2.24, 2.45) is 5.92 Å². The fraction of sp³-hybridized carbons (Fsp3) is 1.00. The number of hydrogen-bond acceptors (Lipinski definition) is 3. The molecule has 0 aliphatic rings. The topological polar surface area (TPSA) is 30.5 Å². The molecule has 1 atom stereocenters. The highest BCUT2D eigenvalue weighted by Gasteiger charge is 2.19. The van der Waals surface area contributed by atoms with Gasteiger partial charge in [0.25, 0.3) is 0 Å². The third-order valence-electron chi connectivity index (χ3n) is 2.50. The Balaban J connectivity index is 4.03. The van der Waals surface area contributed by atoms with Gasteiger partial charge in [-0.05, 0) is 31.7 Å². The van der Waals surface area contributed by atoms with E-state index in [4.69, 9.17) is 9.47 Å². The van der Waals surface area contributed by atoms with Gasteiger partial charge in [0.15, 0.2) is 6.29 Å². The molecule has 0 aliphatic heterocycles. The lowest BCUT2D eigenvalue weighted by atomic mass is 10.0. The largest absolute Gasteiger partial charge is 0.354 e. The molecule has 0 heterocycles. The van der Waals surface area contributed by atoms with E-state index >= 15 is 0 Å². The minimum atomic E-state index is -0.129. The Hall–Kier alpha value is -0.120. The zero-order valence-corrected chi connectivity index (χ0v) is 10.9. The second kappa shape index (κ2) is 9.13. The second-order valence-corrected chi connectivity index (χ2v) is 4.37. The van der Waals surface area contributed by atoms with Crippen molar-refractivity contribution in [2.75, 3.05) is 20.8 Å². The number of methoxy groups -OCH3 is 2. The van der Waals surface area contributed by atoms with Gasteiger partial charge in [-0.25, -0.2) is 0 Å². The van der Waals surface area contributed by atoms with Crippen molar-refractivity contribution in [2.45, 2.75) is 52.4 Å². The summed E-state index contributed by atoms with van der Waals surface area (Å²) in [6.45, 7) is 7.67. The van der Waals surface area contributed by atoms with Gasteiger partial charge < -0.3 is 14.8 Å². The molecule has 0 aliphatic carbocycles. The first-order valence-electron chi connectivity index (χ1n) is 5.94. The summed E-state index contributed by atoms with van der Waals surface area (Å²) in [6, 6.07) is 0.308. The second-order valence-electron chi connectivity index (χ2n) is 4.37. The molecule has 1 N–H and O–H groups in total. The lowest BCUT2D eigenvalue weighted by molar-refractivity contribution is -0.124. The molecule has 0 fully saturated rings. The number of nitrogens with one attached hydrogen (secondary N) is 1. The summed E-state index contributed by atoms with van der Waals surface area (Å²) in [5, 5.41) is 3.48. The van der Waals surface area contributed by atoms with Gasteiger partial charge >= 0.3 is 0 Å². The summed E-state index contributed by atoms with van der Waals surface area (Å²) in [4.78, 5) is 0. The molecule has 15 heavy (non-hydrogen) atoms. The Morgan fingerprint density at radius 2 is 1.67 bits per heavy atom. The lowest BCUT2D eigenvalue weighted by Gasteiger charge is -2.26. The van der Waals surface area contributed by atoms with Crippen molar-refractivity contribution in [3.63, 3.8) is 0 Å². The van der Waals surface area contributed by atoms with Crippen LogP contribution in [0.2, 0.25) is 0 Å². The van der Waals surface area contributed by atoms with Gasteiger partial charge in [0.2, 0.25) is 0 Å². The number of ether oxygens (including phenoxy) is 2. The molecule has 0 aromatic heterocycles. The van der Waals surface area contributed by atoms with Crippen LogP contribution in [0.4, 0.5) is 0 Å². The maximum atomic E-state index is 5.31. The number of hydrogen-bond donors (Lipinski definition) is 1. The zero-order chi connectivity index (χ0) is 11.7. The van der Waals surface area contributed by atoms with E-state index in [2.05, 4.69) is 26.1 Å². The molecule has 92 valence electrons. The monoisotopic (exact) mass is 217 g/mol. The summed E-state index contributed by atoms with van der Waals surface area (Å²) in [5.41, 5.74) is 0. The molecule has 3 heteroatoms. The summed E-state index contributed by atoms with van der Waals surface area (Å²) >= 11 is 0. The molecule has 0 spiro atoms.